The SMILES string of the molecule is Cc1cc(Oc2ccccc2OCCn2ccc(=O)[nH]c2=O)c2cc(C#N)[nH]c2c1. The Morgan fingerprint density at radius 2 is 1.83 bits per heavy atom. The van der Waals surface area contributed by atoms with E-state index < -0.39 is 11.2 Å². The zero-order chi connectivity index (χ0) is 21.1. The number of ether oxygens (including phenoxy) is 2. The molecule has 30 heavy (non-hydrogen) atoms. The average Bonchev–Trinajstić information content (AvgIpc) is 3.14. The molecule has 150 valence electrons. The number of H-pyrrole nitrogens is 2. The lowest BCUT2D eigenvalue weighted by Gasteiger charge is -2.14. The van der Waals surface area contributed by atoms with Crippen LogP contribution in [0.4, 0.5) is 0 Å². The van der Waals surface area contributed by atoms with E-state index in [1.807, 2.05) is 31.2 Å². The van der Waals surface area contributed by atoms with Crippen LogP contribution in [-0.4, -0.2) is 21.1 Å². The lowest BCUT2D eigenvalue weighted by atomic mass is 10.1. The highest BCUT2D eigenvalue weighted by Gasteiger charge is 2.12. The lowest BCUT2D eigenvalue weighted by Crippen LogP contribution is -2.30. The van der Waals surface area contributed by atoms with Crippen molar-refractivity contribution in [1.29, 1.82) is 5.26 Å². The normalized spacial score (nSPS) is 10.7. The highest BCUT2D eigenvalue weighted by molar-refractivity contribution is 5.88. The van der Waals surface area contributed by atoms with Crippen LogP contribution in [0.2, 0.25) is 0 Å². The van der Waals surface area contributed by atoms with E-state index in [1.165, 1.54) is 16.8 Å². The predicted octanol–water partition coefficient (Wildman–Crippen LogP) is 3.07. The number of para-hydroxylation sites is 2. The molecule has 0 unspecified atom stereocenters. The van der Waals surface area contributed by atoms with Crippen molar-refractivity contribution >= 4 is 10.9 Å². The number of aromatic nitrogens is 3. The van der Waals surface area contributed by atoms with Crippen LogP contribution in [0.15, 0.2) is 64.3 Å². The molecule has 0 bridgehead atoms. The van der Waals surface area contributed by atoms with Gasteiger partial charge in [0.05, 0.1) is 12.1 Å². The molecule has 0 spiro atoms. The number of rotatable bonds is 6. The molecule has 0 amide bonds. The molecular formula is C22H18N4O4. The zero-order valence-corrected chi connectivity index (χ0v) is 16.1. The maximum absolute atomic E-state index is 11.8. The largest absolute Gasteiger partial charge is 0.488 e. The zero-order valence-electron chi connectivity index (χ0n) is 16.1. The van der Waals surface area contributed by atoms with Gasteiger partial charge in [0.15, 0.2) is 11.5 Å². The van der Waals surface area contributed by atoms with E-state index in [-0.39, 0.29) is 13.2 Å². The van der Waals surface area contributed by atoms with Gasteiger partial charge in [0.25, 0.3) is 5.56 Å². The number of nitrogens with one attached hydrogen (secondary N) is 2. The van der Waals surface area contributed by atoms with Gasteiger partial charge in [0, 0.05) is 17.6 Å². The summed E-state index contributed by atoms with van der Waals surface area (Å²) in [5.41, 5.74) is 1.33. The summed E-state index contributed by atoms with van der Waals surface area (Å²) in [6, 6.07) is 16.2. The number of aryl methyl sites for hydroxylation is 1. The summed E-state index contributed by atoms with van der Waals surface area (Å²) in [6.45, 7) is 2.42. The molecule has 0 saturated carbocycles. The van der Waals surface area contributed by atoms with Crippen LogP contribution in [0.1, 0.15) is 11.3 Å². The van der Waals surface area contributed by atoms with Crippen LogP contribution in [0.25, 0.3) is 10.9 Å². The summed E-state index contributed by atoms with van der Waals surface area (Å²) in [5, 5.41) is 9.97. The molecule has 0 aliphatic heterocycles. The summed E-state index contributed by atoms with van der Waals surface area (Å²) < 4.78 is 13.3. The van der Waals surface area contributed by atoms with E-state index in [4.69, 9.17) is 9.47 Å². The first kappa shape index (κ1) is 19.1. The van der Waals surface area contributed by atoms with Crippen LogP contribution in [0.3, 0.4) is 0 Å². The van der Waals surface area contributed by atoms with Gasteiger partial charge < -0.3 is 14.5 Å². The van der Waals surface area contributed by atoms with Crippen LogP contribution in [0.5, 0.6) is 17.2 Å². The van der Waals surface area contributed by atoms with Crippen molar-refractivity contribution in [2.24, 2.45) is 0 Å². The van der Waals surface area contributed by atoms with Gasteiger partial charge in [-0.25, -0.2) is 4.79 Å². The first-order valence-corrected chi connectivity index (χ1v) is 9.26. The average molecular weight is 402 g/mol. The number of hydrogen-bond acceptors (Lipinski definition) is 5. The van der Waals surface area contributed by atoms with Crippen molar-refractivity contribution in [2.75, 3.05) is 6.61 Å². The minimum absolute atomic E-state index is 0.207. The Balaban J connectivity index is 1.56. The van der Waals surface area contributed by atoms with Gasteiger partial charge in [-0.2, -0.15) is 5.26 Å². The summed E-state index contributed by atoms with van der Waals surface area (Å²) in [4.78, 5) is 28.2. The van der Waals surface area contributed by atoms with E-state index in [2.05, 4.69) is 16.0 Å². The van der Waals surface area contributed by atoms with Crippen LogP contribution in [-0.2, 0) is 6.54 Å². The van der Waals surface area contributed by atoms with Crippen molar-refractivity contribution in [1.82, 2.24) is 14.5 Å². The van der Waals surface area contributed by atoms with E-state index >= 15 is 0 Å². The van der Waals surface area contributed by atoms with E-state index in [0.29, 0.717) is 22.9 Å². The third-order valence-corrected chi connectivity index (χ3v) is 4.52. The first-order chi connectivity index (χ1) is 14.5. The second kappa shape index (κ2) is 8.01. The quantitative estimate of drug-likeness (QED) is 0.515. The first-order valence-electron chi connectivity index (χ1n) is 9.26. The molecule has 0 aliphatic carbocycles. The monoisotopic (exact) mass is 402 g/mol. The minimum Gasteiger partial charge on any atom is -0.488 e. The van der Waals surface area contributed by atoms with Gasteiger partial charge >= 0.3 is 5.69 Å². The number of benzene rings is 2. The molecule has 8 nitrogen and oxygen atoms in total. The smallest absolute Gasteiger partial charge is 0.328 e. The molecular weight excluding hydrogens is 384 g/mol. The van der Waals surface area contributed by atoms with Crippen molar-refractivity contribution in [3.05, 3.63) is 86.8 Å². The summed E-state index contributed by atoms with van der Waals surface area (Å²) in [6.07, 6.45) is 1.43. The van der Waals surface area contributed by atoms with Crippen molar-refractivity contribution in [3.8, 4) is 23.3 Å². The van der Waals surface area contributed by atoms with Crippen molar-refractivity contribution in [3.63, 3.8) is 0 Å². The minimum atomic E-state index is -0.487. The topological polar surface area (TPSA) is 113 Å². The van der Waals surface area contributed by atoms with Gasteiger partial charge in [-0.3, -0.25) is 14.3 Å². The maximum Gasteiger partial charge on any atom is 0.328 e. The number of nitriles is 1. The number of nitrogens with zero attached hydrogens (tertiary/aromatic N) is 2. The molecule has 2 heterocycles. The number of hydrogen-bond donors (Lipinski definition) is 2. The Morgan fingerprint density at radius 3 is 2.60 bits per heavy atom. The Labute approximate surface area is 170 Å². The molecule has 0 atom stereocenters. The van der Waals surface area contributed by atoms with Gasteiger partial charge in [-0.15, -0.1) is 0 Å². The third kappa shape index (κ3) is 3.95. The van der Waals surface area contributed by atoms with Crippen molar-refractivity contribution < 1.29 is 9.47 Å². The van der Waals surface area contributed by atoms with Gasteiger partial charge in [-0.05, 0) is 42.8 Å². The van der Waals surface area contributed by atoms with Gasteiger partial charge in [0.1, 0.15) is 24.1 Å². The Bertz CT molecular complexity index is 1370. The molecule has 0 aliphatic rings. The molecule has 2 aromatic carbocycles. The summed E-state index contributed by atoms with van der Waals surface area (Å²) in [5.74, 6) is 1.63. The number of fused-ring (bicyclic) bond motifs is 1. The van der Waals surface area contributed by atoms with E-state index in [1.54, 1.807) is 18.2 Å². The summed E-state index contributed by atoms with van der Waals surface area (Å²) in [7, 11) is 0. The maximum atomic E-state index is 11.8. The molecule has 0 radical (unpaired) electrons. The molecule has 4 rings (SSSR count). The van der Waals surface area contributed by atoms with E-state index in [0.717, 1.165) is 16.5 Å². The summed E-state index contributed by atoms with van der Waals surface area (Å²) >= 11 is 0. The standard InChI is InChI=1S/C22H18N4O4/c1-14-10-17-16(12-15(13-23)24-17)20(11-14)30-19-5-3-2-4-18(19)29-9-8-26-7-6-21(27)25-22(26)28/h2-7,10-12,24H,8-9H2,1H3,(H,25,27,28). The van der Waals surface area contributed by atoms with Crippen molar-refractivity contribution in [2.45, 2.75) is 13.5 Å². The molecule has 0 saturated heterocycles. The van der Waals surface area contributed by atoms with E-state index in [9.17, 15) is 14.9 Å². The molecule has 0 fully saturated rings. The fourth-order valence-corrected chi connectivity index (χ4v) is 3.13. The van der Waals surface area contributed by atoms with Crippen LogP contribution < -0.4 is 20.7 Å². The highest BCUT2D eigenvalue weighted by Crippen LogP contribution is 2.36. The number of aromatic amines is 2. The third-order valence-electron chi connectivity index (χ3n) is 4.52. The fourth-order valence-electron chi connectivity index (χ4n) is 3.13. The predicted molar refractivity (Wildman–Crippen MR) is 111 cm³/mol. The molecule has 2 aromatic heterocycles. The van der Waals surface area contributed by atoms with Crippen LogP contribution >= 0.6 is 0 Å². The lowest BCUT2D eigenvalue weighted by molar-refractivity contribution is 0.283. The Hall–Kier alpha value is -4.25. The molecule has 4 aromatic rings. The molecule has 8 heteroatoms. The van der Waals surface area contributed by atoms with Gasteiger partial charge in [0.2, 0.25) is 0 Å². The van der Waals surface area contributed by atoms with Gasteiger partial charge in [-0.1, -0.05) is 12.1 Å². The Kier molecular flexibility index (Phi) is 5.09. The Morgan fingerprint density at radius 1 is 1.03 bits per heavy atom. The second-order valence-electron chi connectivity index (χ2n) is 6.72. The second-order valence-corrected chi connectivity index (χ2v) is 6.72. The molecule has 2 N–H and O–H groups in total. The fraction of sp³-hybridized carbons (Fsp3) is 0.136. The highest BCUT2D eigenvalue weighted by atomic mass is 16.5. The van der Waals surface area contributed by atoms with Crippen LogP contribution in [0, 0.1) is 18.3 Å².